The predicted octanol–water partition coefficient (Wildman–Crippen LogP) is 4.98. The highest BCUT2D eigenvalue weighted by atomic mass is 35.5. The number of hydrogen-bond acceptors (Lipinski definition) is 1. The molecule has 20 heavy (non-hydrogen) atoms. The summed E-state index contributed by atoms with van der Waals surface area (Å²) in [7, 11) is 1.99. The quantitative estimate of drug-likeness (QED) is 0.843. The third-order valence-corrected chi connectivity index (χ3v) is 4.77. The van der Waals surface area contributed by atoms with Crippen molar-refractivity contribution in [3.8, 4) is 0 Å². The van der Waals surface area contributed by atoms with Gasteiger partial charge in [-0.25, -0.2) is 0 Å². The lowest BCUT2D eigenvalue weighted by molar-refractivity contribution is 0.477. The van der Waals surface area contributed by atoms with Crippen LogP contribution in [0.15, 0.2) is 42.5 Å². The van der Waals surface area contributed by atoms with Gasteiger partial charge in [0.1, 0.15) is 0 Å². The Hall–Kier alpha value is -1.02. The highest BCUT2D eigenvalue weighted by molar-refractivity contribution is 6.33. The van der Waals surface area contributed by atoms with Crippen molar-refractivity contribution in [2.24, 2.45) is 0 Å². The van der Waals surface area contributed by atoms with Gasteiger partial charge in [-0.2, -0.15) is 0 Å². The average molecular weight is 306 g/mol. The van der Waals surface area contributed by atoms with Gasteiger partial charge in [-0.15, -0.1) is 0 Å². The number of aryl methyl sites for hydroxylation is 1. The standard InChI is InChI=1S/C17H17Cl2N/c1-20-17(15-10-12(18)7-9-16(15)19)14-8-6-11-4-2-3-5-13(11)14/h2-5,7,9-10,14,17,20H,6,8H2,1H3. The normalized spacial score (nSPS) is 18.9. The summed E-state index contributed by atoms with van der Waals surface area (Å²) >= 11 is 12.5. The number of benzene rings is 2. The number of fused-ring (bicyclic) bond motifs is 1. The first-order valence-corrected chi connectivity index (χ1v) is 7.66. The Labute approximate surface area is 129 Å². The van der Waals surface area contributed by atoms with Crippen LogP contribution in [0.4, 0.5) is 0 Å². The SMILES string of the molecule is CNC(c1cc(Cl)ccc1Cl)C1CCc2ccccc21. The molecular weight excluding hydrogens is 289 g/mol. The van der Waals surface area contributed by atoms with E-state index in [0.717, 1.165) is 28.5 Å². The van der Waals surface area contributed by atoms with E-state index < -0.39 is 0 Å². The first-order valence-electron chi connectivity index (χ1n) is 6.90. The lowest BCUT2D eigenvalue weighted by Gasteiger charge is -2.25. The summed E-state index contributed by atoms with van der Waals surface area (Å²) in [5, 5.41) is 4.93. The largest absolute Gasteiger partial charge is 0.312 e. The minimum Gasteiger partial charge on any atom is -0.312 e. The first-order chi connectivity index (χ1) is 9.70. The summed E-state index contributed by atoms with van der Waals surface area (Å²) < 4.78 is 0. The molecule has 0 aliphatic heterocycles. The second-order valence-electron chi connectivity index (χ2n) is 5.28. The number of rotatable bonds is 3. The Morgan fingerprint density at radius 2 is 1.95 bits per heavy atom. The van der Waals surface area contributed by atoms with Crippen molar-refractivity contribution in [1.82, 2.24) is 5.32 Å². The van der Waals surface area contributed by atoms with E-state index in [2.05, 4.69) is 29.6 Å². The molecule has 0 aromatic heterocycles. The van der Waals surface area contributed by atoms with E-state index in [-0.39, 0.29) is 6.04 Å². The van der Waals surface area contributed by atoms with Crippen LogP contribution in [0.2, 0.25) is 10.0 Å². The zero-order valence-electron chi connectivity index (χ0n) is 11.4. The minimum atomic E-state index is 0.199. The van der Waals surface area contributed by atoms with Crippen LogP contribution in [0.1, 0.15) is 35.1 Å². The molecule has 3 heteroatoms. The molecule has 0 spiro atoms. The Morgan fingerprint density at radius 1 is 1.15 bits per heavy atom. The van der Waals surface area contributed by atoms with Crippen molar-refractivity contribution in [3.63, 3.8) is 0 Å². The molecule has 0 amide bonds. The van der Waals surface area contributed by atoms with Gasteiger partial charge in [-0.3, -0.25) is 0 Å². The van der Waals surface area contributed by atoms with Crippen LogP contribution in [0, 0.1) is 0 Å². The summed E-state index contributed by atoms with van der Waals surface area (Å²) in [5.74, 6) is 0.451. The van der Waals surface area contributed by atoms with E-state index in [9.17, 15) is 0 Å². The summed E-state index contributed by atoms with van der Waals surface area (Å²) in [5.41, 5.74) is 3.97. The fourth-order valence-electron chi connectivity index (χ4n) is 3.26. The summed E-state index contributed by atoms with van der Waals surface area (Å²) in [4.78, 5) is 0. The number of likely N-dealkylation sites (N-methyl/N-ethyl adjacent to an activating group) is 1. The Balaban J connectivity index is 2.01. The molecule has 1 nitrogen and oxygen atoms in total. The van der Waals surface area contributed by atoms with Crippen LogP contribution < -0.4 is 5.32 Å². The number of halogens is 2. The van der Waals surface area contributed by atoms with Gasteiger partial charge in [0.05, 0.1) is 0 Å². The summed E-state index contributed by atoms with van der Waals surface area (Å²) in [6.07, 6.45) is 2.28. The Kier molecular flexibility index (Phi) is 4.02. The summed E-state index contributed by atoms with van der Waals surface area (Å²) in [6.45, 7) is 0. The molecule has 1 aliphatic rings. The third-order valence-electron chi connectivity index (χ3n) is 4.19. The molecule has 2 atom stereocenters. The van der Waals surface area contributed by atoms with Crippen LogP contribution in [-0.4, -0.2) is 7.05 Å². The fourth-order valence-corrected chi connectivity index (χ4v) is 3.68. The molecule has 2 aromatic carbocycles. The molecule has 0 radical (unpaired) electrons. The lowest BCUT2D eigenvalue weighted by Crippen LogP contribution is -2.23. The molecule has 1 N–H and O–H groups in total. The second-order valence-corrected chi connectivity index (χ2v) is 6.12. The fraction of sp³-hybridized carbons (Fsp3) is 0.294. The van der Waals surface area contributed by atoms with Crippen LogP contribution in [0.25, 0.3) is 0 Å². The molecule has 0 bridgehead atoms. The maximum absolute atomic E-state index is 6.38. The highest BCUT2D eigenvalue weighted by Crippen LogP contribution is 2.43. The van der Waals surface area contributed by atoms with Crippen molar-refractivity contribution in [2.75, 3.05) is 7.05 Å². The monoisotopic (exact) mass is 305 g/mol. The van der Waals surface area contributed by atoms with E-state index in [1.54, 1.807) is 0 Å². The smallest absolute Gasteiger partial charge is 0.0455 e. The van der Waals surface area contributed by atoms with Gasteiger partial charge in [0.15, 0.2) is 0 Å². The van der Waals surface area contributed by atoms with Crippen LogP contribution in [-0.2, 0) is 6.42 Å². The molecule has 0 saturated carbocycles. The van der Waals surface area contributed by atoms with E-state index in [1.807, 2.05) is 25.2 Å². The Bertz CT molecular complexity index is 624. The van der Waals surface area contributed by atoms with E-state index in [1.165, 1.54) is 11.1 Å². The van der Waals surface area contributed by atoms with Crippen molar-refractivity contribution in [2.45, 2.75) is 24.8 Å². The van der Waals surface area contributed by atoms with Crippen LogP contribution in [0.3, 0.4) is 0 Å². The van der Waals surface area contributed by atoms with Gasteiger partial charge in [0, 0.05) is 22.0 Å². The molecule has 1 aliphatic carbocycles. The van der Waals surface area contributed by atoms with E-state index in [0.29, 0.717) is 5.92 Å². The molecule has 104 valence electrons. The lowest BCUT2D eigenvalue weighted by atomic mass is 9.88. The van der Waals surface area contributed by atoms with Crippen LogP contribution >= 0.6 is 23.2 Å². The van der Waals surface area contributed by atoms with Gasteiger partial charge in [-0.05, 0) is 54.8 Å². The number of hydrogen-bond donors (Lipinski definition) is 1. The first kappa shape index (κ1) is 13.9. The third kappa shape index (κ3) is 2.46. The van der Waals surface area contributed by atoms with Crippen molar-refractivity contribution in [3.05, 3.63) is 69.2 Å². The van der Waals surface area contributed by atoms with E-state index >= 15 is 0 Å². The minimum absolute atomic E-state index is 0.199. The highest BCUT2D eigenvalue weighted by Gasteiger charge is 2.30. The van der Waals surface area contributed by atoms with Crippen LogP contribution in [0.5, 0.6) is 0 Å². The number of nitrogens with one attached hydrogen (secondary N) is 1. The van der Waals surface area contributed by atoms with Crippen molar-refractivity contribution < 1.29 is 0 Å². The maximum Gasteiger partial charge on any atom is 0.0455 e. The van der Waals surface area contributed by atoms with E-state index in [4.69, 9.17) is 23.2 Å². The van der Waals surface area contributed by atoms with Crippen molar-refractivity contribution in [1.29, 1.82) is 0 Å². The molecule has 3 rings (SSSR count). The molecular formula is C17H17Cl2N. The topological polar surface area (TPSA) is 12.0 Å². The van der Waals surface area contributed by atoms with Gasteiger partial charge in [-0.1, -0.05) is 47.5 Å². The molecule has 0 heterocycles. The molecule has 0 fully saturated rings. The Morgan fingerprint density at radius 3 is 2.75 bits per heavy atom. The van der Waals surface area contributed by atoms with Gasteiger partial charge >= 0.3 is 0 Å². The average Bonchev–Trinajstić information content (AvgIpc) is 2.88. The molecule has 0 saturated heterocycles. The maximum atomic E-state index is 6.38. The van der Waals surface area contributed by atoms with Crippen molar-refractivity contribution >= 4 is 23.2 Å². The second kappa shape index (κ2) is 5.77. The molecule has 2 unspecified atom stereocenters. The van der Waals surface area contributed by atoms with Gasteiger partial charge in [0.2, 0.25) is 0 Å². The molecule has 2 aromatic rings. The van der Waals surface area contributed by atoms with Gasteiger partial charge in [0.25, 0.3) is 0 Å². The van der Waals surface area contributed by atoms with Gasteiger partial charge < -0.3 is 5.32 Å². The zero-order valence-corrected chi connectivity index (χ0v) is 12.9. The zero-order chi connectivity index (χ0) is 14.1. The summed E-state index contributed by atoms with van der Waals surface area (Å²) in [6, 6.07) is 14.6. The predicted molar refractivity (Wildman–Crippen MR) is 85.8 cm³/mol.